The summed E-state index contributed by atoms with van der Waals surface area (Å²) >= 11 is 3.41. The van der Waals surface area contributed by atoms with Crippen molar-refractivity contribution in [3.63, 3.8) is 0 Å². The van der Waals surface area contributed by atoms with Crippen molar-refractivity contribution in [3.05, 3.63) is 53.0 Å². The Labute approximate surface area is 125 Å². The van der Waals surface area contributed by atoms with Crippen LogP contribution in [0.1, 0.15) is 0 Å². The van der Waals surface area contributed by atoms with E-state index in [0.29, 0.717) is 5.75 Å². The number of primary amides is 1. The van der Waals surface area contributed by atoms with Crippen molar-refractivity contribution in [2.24, 2.45) is 11.5 Å². The van der Waals surface area contributed by atoms with Gasteiger partial charge >= 0.3 is 0 Å². The largest absolute Gasteiger partial charge is 0.491 e. The molecule has 20 heavy (non-hydrogen) atoms. The fraction of sp³-hybridized carbons (Fsp3) is 0.133. The van der Waals surface area contributed by atoms with Gasteiger partial charge in [-0.3, -0.25) is 4.79 Å². The maximum Gasteiger partial charge on any atom is 0.237 e. The summed E-state index contributed by atoms with van der Waals surface area (Å²) in [7, 11) is 0. The molecule has 5 heteroatoms. The molecule has 0 aromatic heterocycles. The lowest BCUT2D eigenvalue weighted by Crippen LogP contribution is -2.41. The summed E-state index contributed by atoms with van der Waals surface area (Å²) in [6.45, 7) is 0.0764. The second-order valence-corrected chi connectivity index (χ2v) is 5.27. The molecule has 0 bridgehead atoms. The maximum atomic E-state index is 10.8. The van der Waals surface area contributed by atoms with Crippen LogP contribution in [0.2, 0.25) is 0 Å². The van der Waals surface area contributed by atoms with Gasteiger partial charge in [-0.15, -0.1) is 0 Å². The van der Waals surface area contributed by atoms with Gasteiger partial charge in [0.05, 0.1) is 0 Å². The first-order valence-corrected chi connectivity index (χ1v) is 6.89. The summed E-state index contributed by atoms with van der Waals surface area (Å²) in [5.41, 5.74) is 12.8. The highest BCUT2D eigenvalue weighted by molar-refractivity contribution is 9.10. The van der Waals surface area contributed by atoms with E-state index in [1.54, 1.807) is 0 Å². The lowest BCUT2D eigenvalue weighted by molar-refractivity contribution is -0.119. The smallest absolute Gasteiger partial charge is 0.237 e. The van der Waals surface area contributed by atoms with Crippen molar-refractivity contribution in [2.45, 2.75) is 6.04 Å². The van der Waals surface area contributed by atoms with Crippen molar-refractivity contribution in [2.75, 3.05) is 6.61 Å². The van der Waals surface area contributed by atoms with Crippen molar-refractivity contribution in [1.29, 1.82) is 0 Å². The van der Waals surface area contributed by atoms with E-state index in [2.05, 4.69) is 15.9 Å². The lowest BCUT2D eigenvalue weighted by atomic mass is 10.1. The molecule has 2 aromatic carbocycles. The van der Waals surface area contributed by atoms with Gasteiger partial charge in [0.2, 0.25) is 5.91 Å². The molecule has 2 aromatic rings. The molecule has 1 atom stereocenters. The van der Waals surface area contributed by atoms with Gasteiger partial charge in [0.15, 0.2) is 0 Å². The molecule has 4 nitrogen and oxygen atoms in total. The number of carbonyl (C=O) groups excluding carboxylic acids is 1. The van der Waals surface area contributed by atoms with E-state index in [1.165, 1.54) is 0 Å². The van der Waals surface area contributed by atoms with Crippen LogP contribution in [-0.2, 0) is 4.79 Å². The summed E-state index contributed by atoms with van der Waals surface area (Å²) in [5.74, 6) is 0.0824. The standard InChI is InChI=1S/C15H15BrN2O2/c16-12-5-1-10(2-6-12)11-3-7-13(8-4-11)20-9-14(17)15(18)19/h1-8,14H,9,17H2,(H2,18,19). The third kappa shape index (κ3) is 3.82. The average molecular weight is 335 g/mol. The molecule has 4 N–H and O–H groups in total. The van der Waals surface area contributed by atoms with Gasteiger partial charge in [-0.2, -0.15) is 0 Å². The van der Waals surface area contributed by atoms with E-state index in [4.69, 9.17) is 16.2 Å². The number of halogens is 1. The van der Waals surface area contributed by atoms with Crippen LogP contribution in [0.3, 0.4) is 0 Å². The molecular formula is C15H15BrN2O2. The summed E-state index contributed by atoms with van der Waals surface area (Å²) < 4.78 is 6.45. The first-order chi connectivity index (χ1) is 9.56. The van der Waals surface area contributed by atoms with Crippen LogP contribution < -0.4 is 16.2 Å². The van der Waals surface area contributed by atoms with Crippen LogP contribution in [0.5, 0.6) is 5.75 Å². The van der Waals surface area contributed by atoms with Crippen molar-refractivity contribution in [1.82, 2.24) is 0 Å². The third-order valence-corrected chi connectivity index (χ3v) is 3.36. The van der Waals surface area contributed by atoms with Gasteiger partial charge in [0.25, 0.3) is 0 Å². The third-order valence-electron chi connectivity index (χ3n) is 2.83. The van der Waals surface area contributed by atoms with Crippen molar-refractivity contribution in [3.8, 4) is 16.9 Å². The Morgan fingerprint density at radius 2 is 1.55 bits per heavy atom. The second kappa shape index (κ2) is 6.54. The summed E-state index contributed by atoms with van der Waals surface area (Å²) in [4.78, 5) is 10.8. The molecule has 0 spiro atoms. The Kier molecular flexibility index (Phi) is 4.76. The average Bonchev–Trinajstić information content (AvgIpc) is 2.46. The minimum absolute atomic E-state index is 0.0764. The van der Waals surface area contributed by atoms with Gasteiger partial charge in [-0.1, -0.05) is 40.2 Å². The van der Waals surface area contributed by atoms with Crippen LogP contribution in [0.4, 0.5) is 0 Å². The molecule has 104 valence electrons. The highest BCUT2D eigenvalue weighted by Gasteiger charge is 2.09. The summed E-state index contributed by atoms with van der Waals surface area (Å²) in [6.07, 6.45) is 0. The maximum absolute atomic E-state index is 10.8. The number of carbonyl (C=O) groups is 1. The lowest BCUT2D eigenvalue weighted by Gasteiger charge is -2.10. The first kappa shape index (κ1) is 14.6. The van der Waals surface area contributed by atoms with Crippen LogP contribution >= 0.6 is 15.9 Å². The quantitative estimate of drug-likeness (QED) is 0.880. The minimum Gasteiger partial charge on any atom is -0.491 e. The molecule has 0 saturated carbocycles. The summed E-state index contributed by atoms with van der Waals surface area (Å²) in [5, 5.41) is 0. The zero-order chi connectivity index (χ0) is 14.5. The fourth-order valence-electron chi connectivity index (χ4n) is 1.65. The number of nitrogens with two attached hydrogens (primary N) is 2. The van der Waals surface area contributed by atoms with Gasteiger partial charge in [-0.25, -0.2) is 0 Å². The molecule has 0 aliphatic carbocycles. The van der Waals surface area contributed by atoms with Crippen LogP contribution in [0.15, 0.2) is 53.0 Å². The van der Waals surface area contributed by atoms with E-state index in [1.807, 2.05) is 48.5 Å². The molecule has 0 aliphatic heterocycles. The molecule has 0 heterocycles. The minimum atomic E-state index is -0.791. The normalized spacial score (nSPS) is 11.9. The Bertz CT molecular complexity index is 582. The number of rotatable bonds is 5. The van der Waals surface area contributed by atoms with Crippen LogP contribution in [0.25, 0.3) is 11.1 Å². The topological polar surface area (TPSA) is 78.3 Å². The molecule has 1 unspecified atom stereocenters. The molecular weight excluding hydrogens is 320 g/mol. The Morgan fingerprint density at radius 3 is 2.05 bits per heavy atom. The number of hydrogen-bond donors (Lipinski definition) is 2. The van der Waals surface area contributed by atoms with Crippen LogP contribution in [-0.4, -0.2) is 18.6 Å². The van der Waals surface area contributed by atoms with E-state index in [-0.39, 0.29) is 6.61 Å². The van der Waals surface area contributed by atoms with E-state index in [9.17, 15) is 4.79 Å². The van der Waals surface area contributed by atoms with Crippen molar-refractivity contribution >= 4 is 21.8 Å². The van der Waals surface area contributed by atoms with Crippen molar-refractivity contribution < 1.29 is 9.53 Å². The number of ether oxygens (including phenoxy) is 1. The zero-order valence-electron chi connectivity index (χ0n) is 10.8. The van der Waals surface area contributed by atoms with Gasteiger partial charge in [0, 0.05) is 4.47 Å². The van der Waals surface area contributed by atoms with Crippen LogP contribution in [0, 0.1) is 0 Å². The van der Waals surface area contributed by atoms with Gasteiger partial charge < -0.3 is 16.2 Å². The molecule has 0 aliphatic rings. The highest BCUT2D eigenvalue weighted by atomic mass is 79.9. The van der Waals surface area contributed by atoms with E-state index in [0.717, 1.165) is 15.6 Å². The predicted molar refractivity (Wildman–Crippen MR) is 82.2 cm³/mol. The van der Waals surface area contributed by atoms with Gasteiger partial charge in [0.1, 0.15) is 18.4 Å². The monoisotopic (exact) mass is 334 g/mol. The second-order valence-electron chi connectivity index (χ2n) is 4.35. The molecule has 0 saturated heterocycles. The van der Waals surface area contributed by atoms with E-state index >= 15 is 0 Å². The highest BCUT2D eigenvalue weighted by Crippen LogP contribution is 2.24. The Hall–Kier alpha value is -1.85. The predicted octanol–water partition coefficient (Wildman–Crippen LogP) is 2.31. The summed E-state index contributed by atoms with van der Waals surface area (Å²) in [6, 6.07) is 14.8. The van der Waals surface area contributed by atoms with E-state index < -0.39 is 11.9 Å². The Morgan fingerprint density at radius 1 is 1.05 bits per heavy atom. The number of benzene rings is 2. The molecule has 1 amide bonds. The SMILES string of the molecule is NC(=O)C(N)COc1ccc(-c2ccc(Br)cc2)cc1. The molecule has 0 fully saturated rings. The first-order valence-electron chi connectivity index (χ1n) is 6.10. The number of hydrogen-bond acceptors (Lipinski definition) is 3. The number of amides is 1. The molecule has 0 radical (unpaired) electrons. The molecule has 2 rings (SSSR count). The zero-order valence-corrected chi connectivity index (χ0v) is 12.3. The van der Waals surface area contributed by atoms with Gasteiger partial charge in [-0.05, 0) is 35.4 Å². The Balaban J connectivity index is 2.03. The fourth-order valence-corrected chi connectivity index (χ4v) is 1.92.